The normalized spacial score (nSPS) is 18.6. The van der Waals surface area contributed by atoms with Gasteiger partial charge in [0.2, 0.25) is 5.90 Å². The Morgan fingerprint density at radius 2 is 2.10 bits per heavy atom. The van der Waals surface area contributed by atoms with Crippen molar-refractivity contribution in [2.45, 2.75) is 26.8 Å². The zero-order valence-corrected chi connectivity index (χ0v) is 12.2. The molecule has 1 aliphatic heterocycles. The number of hydrogen-bond acceptors (Lipinski definition) is 4. The van der Waals surface area contributed by atoms with Crippen LogP contribution in [0.5, 0.6) is 0 Å². The quantitative estimate of drug-likeness (QED) is 0.359. The maximum atomic E-state index is 13.3. The minimum Gasteiger partial charge on any atom is -0.436 e. The van der Waals surface area contributed by atoms with Gasteiger partial charge in [-0.1, -0.05) is 27.0 Å². The van der Waals surface area contributed by atoms with Crippen LogP contribution < -0.4 is 11.3 Å². The highest BCUT2D eigenvalue weighted by Crippen LogP contribution is 2.14. The molecular weight excluding hydrogens is 257 g/mol. The van der Waals surface area contributed by atoms with Gasteiger partial charge in [-0.15, -0.1) is 0 Å². The van der Waals surface area contributed by atoms with Crippen LogP contribution in [-0.4, -0.2) is 11.9 Å². The van der Waals surface area contributed by atoms with Crippen molar-refractivity contribution in [3.05, 3.63) is 60.8 Å². The number of halogens is 1. The summed E-state index contributed by atoms with van der Waals surface area (Å²) in [6.07, 6.45) is 7.29. The average Bonchev–Trinajstić information content (AvgIpc) is 2.66. The molecule has 20 heavy (non-hydrogen) atoms. The van der Waals surface area contributed by atoms with Gasteiger partial charge < -0.3 is 4.74 Å². The van der Waals surface area contributed by atoms with Gasteiger partial charge in [-0.05, 0) is 30.7 Å². The lowest BCUT2D eigenvalue weighted by Crippen LogP contribution is -2.34. The number of nitrogens with one attached hydrogen (secondary N) is 1. The van der Waals surface area contributed by atoms with Crippen LogP contribution >= 0.6 is 0 Å². The van der Waals surface area contributed by atoms with Crippen LogP contribution in [-0.2, 0) is 4.74 Å². The standard InChI is InChI=1S/C13H16FN3O.C2H6/c1-4-10(14)12(5-2)18-13-8-9(3)11(17-15)6-7-16-13;1-2/h4-8,11,17H,1-2,15H2,3H3;1-2H3/b12-10-;. The highest BCUT2D eigenvalue weighted by Gasteiger charge is 2.11. The Labute approximate surface area is 119 Å². The fourth-order valence-corrected chi connectivity index (χ4v) is 1.32. The van der Waals surface area contributed by atoms with Gasteiger partial charge in [0.05, 0.1) is 6.04 Å². The van der Waals surface area contributed by atoms with Gasteiger partial charge >= 0.3 is 0 Å². The van der Waals surface area contributed by atoms with Gasteiger partial charge in [-0.25, -0.2) is 14.8 Å². The zero-order chi connectivity index (χ0) is 15.5. The molecule has 0 spiro atoms. The molecule has 1 atom stereocenters. The molecule has 0 saturated carbocycles. The summed E-state index contributed by atoms with van der Waals surface area (Å²) in [7, 11) is 0. The third kappa shape index (κ3) is 5.34. The molecule has 0 fully saturated rings. The maximum Gasteiger partial charge on any atom is 0.219 e. The van der Waals surface area contributed by atoms with Crippen LogP contribution in [0.2, 0.25) is 0 Å². The summed E-state index contributed by atoms with van der Waals surface area (Å²) in [4.78, 5) is 4.04. The molecule has 3 N–H and O–H groups in total. The van der Waals surface area contributed by atoms with Crippen LogP contribution in [0.3, 0.4) is 0 Å². The van der Waals surface area contributed by atoms with E-state index in [4.69, 9.17) is 10.6 Å². The van der Waals surface area contributed by atoms with Crippen molar-refractivity contribution in [3.63, 3.8) is 0 Å². The topological polar surface area (TPSA) is 59.6 Å². The van der Waals surface area contributed by atoms with Crippen molar-refractivity contribution in [1.82, 2.24) is 5.43 Å². The Morgan fingerprint density at radius 1 is 1.45 bits per heavy atom. The molecule has 0 amide bonds. The molecule has 0 aromatic heterocycles. The number of rotatable bonds is 4. The molecule has 4 nitrogen and oxygen atoms in total. The Bertz CT molecular complexity index is 462. The summed E-state index contributed by atoms with van der Waals surface area (Å²) in [6.45, 7) is 12.7. The largest absolute Gasteiger partial charge is 0.436 e. The summed E-state index contributed by atoms with van der Waals surface area (Å²) in [6, 6.07) is -0.129. The van der Waals surface area contributed by atoms with Crippen LogP contribution in [0.1, 0.15) is 20.8 Å². The third-order valence-electron chi connectivity index (χ3n) is 2.32. The lowest BCUT2D eigenvalue weighted by atomic mass is 10.1. The first kappa shape index (κ1) is 18.0. The molecule has 1 rings (SSSR count). The van der Waals surface area contributed by atoms with Crippen molar-refractivity contribution in [1.29, 1.82) is 0 Å². The number of ether oxygens (including phenoxy) is 1. The first-order chi connectivity index (χ1) is 9.62. The Balaban J connectivity index is 0.00000172. The van der Waals surface area contributed by atoms with E-state index in [9.17, 15) is 4.39 Å². The minimum atomic E-state index is -0.597. The smallest absolute Gasteiger partial charge is 0.219 e. The van der Waals surface area contributed by atoms with Crippen molar-refractivity contribution >= 4 is 5.90 Å². The Hall–Kier alpha value is -1.98. The van der Waals surface area contributed by atoms with Gasteiger partial charge in [0.1, 0.15) is 0 Å². The Kier molecular flexibility index (Phi) is 8.91. The van der Waals surface area contributed by atoms with Crippen molar-refractivity contribution < 1.29 is 9.13 Å². The van der Waals surface area contributed by atoms with Gasteiger partial charge in [-0.3, -0.25) is 5.84 Å². The highest BCUT2D eigenvalue weighted by molar-refractivity contribution is 5.90. The van der Waals surface area contributed by atoms with E-state index in [1.54, 1.807) is 18.4 Å². The number of nitrogens with zero attached hydrogens (tertiary/aromatic N) is 1. The molecule has 0 aromatic carbocycles. The van der Waals surface area contributed by atoms with E-state index in [0.29, 0.717) is 0 Å². The molecule has 0 aliphatic carbocycles. The fraction of sp³-hybridized carbons (Fsp3) is 0.267. The van der Waals surface area contributed by atoms with E-state index < -0.39 is 5.83 Å². The summed E-state index contributed by atoms with van der Waals surface area (Å²) < 4.78 is 18.6. The lowest BCUT2D eigenvalue weighted by Gasteiger charge is -2.10. The monoisotopic (exact) mass is 279 g/mol. The van der Waals surface area contributed by atoms with Gasteiger partial charge in [0, 0.05) is 12.3 Å². The predicted octanol–water partition coefficient (Wildman–Crippen LogP) is 3.29. The first-order valence-corrected chi connectivity index (χ1v) is 6.33. The summed E-state index contributed by atoms with van der Waals surface area (Å²) in [5, 5.41) is 0. The second kappa shape index (κ2) is 9.89. The predicted molar refractivity (Wildman–Crippen MR) is 82.4 cm³/mol. The molecule has 5 heteroatoms. The zero-order valence-electron chi connectivity index (χ0n) is 12.2. The first-order valence-electron chi connectivity index (χ1n) is 6.33. The Morgan fingerprint density at radius 3 is 2.60 bits per heavy atom. The number of nitrogens with two attached hydrogens (primary N) is 1. The van der Waals surface area contributed by atoms with Crippen LogP contribution in [0.25, 0.3) is 0 Å². The average molecular weight is 279 g/mol. The maximum absolute atomic E-state index is 13.3. The van der Waals surface area contributed by atoms with Crippen molar-refractivity contribution in [3.8, 4) is 0 Å². The second-order valence-corrected chi connectivity index (χ2v) is 3.56. The van der Waals surface area contributed by atoms with E-state index >= 15 is 0 Å². The molecule has 0 bridgehead atoms. The van der Waals surface area contributed by atoms with Crippen molar-refractivity contribution in [2.75, 3.05) is 0 Å². The number of hydrogen-bond donors (Lipinski definition) is 2. The minimum absolute atomic E-state index is 0.0274. The van der Waals surface area contributed by atoms with Gasteiger partial charge in [0.15, 0.2) is 11.6 Å². The SMILES string of the molecule is C=C/C(F)=C(\C=C)OC1=NC=CC(NN)C(C)=C1.CC. The van der Waals surface area contributed by atoms with Crippen LogP contribution in [0.15, 0.2) is 65.8 Å². The van der Waals surface area contributed by atoms with E-state index in [1.807, 2.05) is 20.8 Å². The number of hydrazine groups is 1. The molecule has 0 saturated heterocycles. The third-order valence-corrected chi connectivity index (χ3v) is 2.32. The lowest BCUT2D eigenvalue weighted by molar-refractivity contribution is 0.413. The summed E-state index contributed by atoms with van der Waals surface area (Å²) in [5.41, 5.74) is 3.50. The molecular formula is C15H22FN3O. The fourth-order valence-electron chi connectivity index (χ4n) is 1.32. The van der Waals surface area contributed by atoms with E-state index in [1.165, 1.54) is 6.08 Å². The molecule has 1 heterocycles. The second-order valence-electron chi connectivity index (χ2n) is 3.56. The summed E-state index contributed by atoms with van der Waals surface area (Å²) >= 11 is 0. The highest BCUT2D eigenvalue weighted by atomic mass is 19.1. The number of aliphatic imine (C=N–C) groups is 1. The van der Waals surface area contributed by atoms with Crippen LogP contribution in [0.4, 0.5) is 4.39 Å². The number of allylic oxidation sites excluding steroid dienone is 3. The van der Waals surface area contributed by atoms with Crippen molar-refractivity contribution in [2.24, 2.45) is 10.8 Å². The molecule has 1 aliphatic rings. The van der Waals surface area contributed by atoms with E-state index in [2.05, 4.69) is 23.6 Å². The molecule has 110 valence electrons. The van der Waals surface area contributed by atoms with Crippen LogP contribution in [0, 0.1) is 0 Å². The molecule has 0 radical (unpaired) electrons. The van der Waals surface area contributed by atoms with E-state index in [0.717, 1.165) is 11.6 Å². The summed E-state index contributed by atoms with van der Waals surface area (Å²) in [5.74, 6) is 5.01. The molecule has 0 aromatic rings. The van der Waals surface area contributed by atoms with Gasteiger partial charge in [0.25, 0.3) is 0 Å². The van der Waals surface area contributed by atoms with E-state index in [-0.39, 0.29) is 17.7 Å². The molecule has 1 unspecified atom stereocenters. The van der Waals surface area contributed by atoms with Gasteiger partial charge in [-0.2, -0.15) is 0 Å².